The maximum atomic E-state index is 12.0. The van der Waals surface area contributed by atoms with Gasteiger partial charge in [0.15, 0.2) is 0 Å². The molecule has 0 radical (unpaired) electrons. The number of carbonyl (C=O) groups is 1. The number of nitrogens with zero attached hydrogens (tertiary/aromatic N) is 2. The lowest BCUT2D eigenvalue weighted by Gasteiger charge is -2.36. The van der Waals surface area contributed by atoms with Gasteiger partial charge in [0.2, 0.25) is 5.91 Å². The monoisotopic (exact) mass is 222 g/mol. The SMILES string of the molecule is CC(C)C1CCN(C(=O)C(C)(C)C#N)CC1. The summed E-state index contributed by atoms with van der Waals surface area (Å²) in [6.07, 6.45) is 2.15. The van der Waals surface area contributed by atoms with Crippen LogP contribution in [0.4, 0.5) is 0 Å². The Kier molecular flexibility index (Phi) is 3.96. The van der Waals surface area contributed by atoms with Gasteiger partial charge in [-0.15, -0.1) is 0 Å². The summed E-state index contributed by atoms with van der Waals surface area (Å²) in [5.41, 5.74) is -0.870. The van der Waals surface area contributed by atoms with Crippen molar-refractivity contribution in [1.29, 1.82) is 5.26 Å². The minimum absolute atomic E-state index is 0.0165. The largest absolute Gasteiger partial charge is 0.341 e. The summed E-state index contributed by atoms with van der Waals surface area (Å²) >= 11 is 0. The highest BCUT2D eigenvalue weighted by molar-refractivity contribution is 5.84. The fourth-order valence-electron chi connectivity index (χ4n) is 2.21. The van der Waals surface area contributed by atoms with Crippen LogP contribution in [0.15, 0.2) is 0 Å². The highest BCUT2D eigenvalue weighted by Crippen LogP contribution is 2.27. The van der Waals surface area contributed by atoms with Gasteiger partial charge in [-0.25, -0.2) is 0 Å². The molecule has 0 N–H and O–H groups in total. The van der Waals surface area contributed by atoms with Crippen LogP contribution in [0.5, 0.6) is 0 Å². The van der Waals surface area contributed by atoms with E-state index in [0.29, 0.717) is 5.92 Å². The first-order chi connectivity index (χ1) is 7.38. The van der Waals surface area contributed by atoms with E-state index in [1.54, 1.807) is 13.8 Å². The molecule has 0 aromatic heterocycles. The van der Waals surface area contributed by atoms with Gasteiger partial charge in [-0.3, -0.25) is 4.79 Å². The lowest BCUT2D eigenvalue weighted by atomic mass is 9.85. The maximum absolute atomic E-state index is 12.0. The average molecular weight is 222 g/mol. The molecule has 1 aliphatic rings. The molecule has 1 rings (SSSR count). The van der Waals surface area contributed by atoms with Crippen molar-refractivity contribution in [1.82, 2.24) is 4.90 Å². The van der Waals surface area contributed by atoms with Crippen LogP contribution in [-0.2, 0) is 4.79 Å². The van der Waals surface area contributed by atoms with Crippen LogP contribution in [0.3, 0.4) is 0 Å². The third kappa shape index (κ3) is 2.75. The highest BCUT2D eigenvalue weighted by atomic mass is 16.2. The summed E-state index contributed by atoms with van der Waals surface area (Å²) in [6.45, 7) is 9.50. The second-order valence-corrected chi connectivity index (χ2v) is 5.61. The fourth-order valence-corrected chi connectivity index (χ4v) is 2.21. The summed E-state index contributed by atoms with van der Waals surface area (Å²) in [5.74, 6) is 1.41. The summed E-state index contributed by atoms with van der Waals surface area (Å²) < 4.78 is 0. The zero-order valence-electron chi connectivity index (χ0n) is 10.8. The highest BCUT2D eigenvalue weighted by Gasteiger charge is 2.34. The molecule has 1 aliphatic heterocycles. The Labute approximate surface area is 98.4 Å². The Balaban J connectivity index is 2.55. The van der Waals surface area contributed by atoms with Crippen LogP contribution in [-0.4, -0.2) is 23.9 Å². The molecule has 0 unspecified atom stereocenters. The molecule has 0 atom stereocenters. The molecule has 0 saturated carbocycles. The molecular weight excluding hydrogens is 200 g/mol. The van der Waals surface area contributed by atoms with Gasteiger partial charge in [0.25, 0.3) is 0 Å². The molecule has 0 aliphatic carbocycles. The summed E-state index contributed by atoms with van der Waals surface area (Å²) in [6, 6.07) is 2.08. The van der Waals surface area contributed by atoms with Crippen LogP contribution < -0.4 is 0 Å². The smallest absolute Gasteiger partial charge is 0.242 e. The molecule has 0 aromatic rings. The zero-order chi connectivity index (χ0) is 12.3. The van der Waals surface area contributed by atoms with Gasteiger partial charge >= 0.3 is 0 Å². The third-order valence-corrected chi connectivity index (χ3v) is 3.58. The number of rotatable bonds is 2. The van der Waals surface area contributed by atoms with E-state index >= 15 is 0 Å². The van der Waals surface area contributed by atoms with Gasteiger partial charge in [0.1, 0.15) is 5.41 Å². The predicted molar refractivity (Wildman–Crippen MR) is 63.5 cm³/mol. The quantitative estimate of drug-likeness (QED) is 0.720. The van der Waals surface area contributed by atoms with E-state index < -0.39 is 5.41 Å². The van der Waals surface area contributed by atoms with E-state index in [4.69, 9.17) is 5.26 Å². The van der Waals surface area contributed by atoms with Crippen LogP contribution in [0, 0.1) is 28.6 Å². The van der Waals surface area contributed by atoms with Gasteiger partial charge in [-0.2, -0.15) is 5.26 Å². The van der Waals surface area contributed by atoms with E-state index in [2.05, 4.69) is 19.9 Å². The number of amides is 1. The van der Waals surface area contributed by atoms with Gasteiger partial charge in [0.05, 0.1) is 6.07 Å². The Bertz CT molecular complexity index is 294. The van der Waals surface area contributed by atoms with Crippen molar-refractivity contribution in [3.05, 3.63) is 0 Å². The van der Waals surface area contributed by atoms with Gasteiger partial charge in [-0.1, -0.05) is 13.8 Å². The van der Waals surface area contributed by atoms with Crippen molar-refractivity contribution in [2.24, 2.45) is 17.3 Å². The molecule has 1 fully saturated rings. The van der Waals surface area contributed by atoms with Gasteiger partial charge < -0.3 is 4.90 Å². The fraction of sp³-hybridized carbons (Fsp3) is 0.846. The molecule has 16 heavy (non-hydrogen) atoms. The Hall–Kier alpha value is -1.04. The Morgan fingerprint density at radius 3 is 2.25 bits per heavy atom. The van der Waals surface area contributed by atoms with Gasteiger partial charge in [0, 0.05) is 13.1 Å². The van der Waals surface area contributed by atoms with Crippen molar-refractivity contribution >= 4 is 5.91 Å². The van der Waals surface area contributed by atoms with Crippen LogP contribution in [0.2, 0.25) is 0 Å². The summed E-state index contributed by atoms with van der Waals surface area (Å²) in [4.78, 5) is 13.9. The molecule has 1 amide bonds. The first-order valence-electron chi connectivity index (χ1n) is 6.09. The van der Waals surface area contributed by atoms with Crippen molar-refractivity contribution in [3.8, 4) is 6.07 Å². The minimum Gasteiger partial charge on any atom is -0.341 e. The first kappa shape index (κ1) is 13.0. The number of hydrogen-bond acceptors (Lipinski definition) is 2. The normalized spacial score (nSPS) is 18.6. The third-order valence-electron chi connectivity index (χ3n) is 3.58. The second-order valence-electron chi connectivity index (χ2n) is 5.61. The Morgan fingerprint density at radius 1 is 1.38 bits per heavy atom. The number of carbonyl (C=O) groups excluding carboxylic acids is 1. The average Bonchev–Trinajstić information content (AvgIpc) is 2.28. The molecule has 90 valence electrons. The molecular formula is C13H22N2O. The number of piperidine rings is 1. The van der Waals surface area contributed by atoms with Crippen LogP contribution in [0.25, 0.3) is 0 Å². The van der Waals surface area contributed by atoms with E-state index in [9.17, 15) is 4.79 Å². The molecule has 0 bridgehead atoms. The number of nitriles is 1. The minimum atomic E-state index is -0.870. The molecule has 0 aromatic carbocycles. The lowest BCUT2D eigenvalue weighted by molar-refractivity contribution is -0.139. The van der Waals surface area contributed by atoms with Crippen molar-refractivity contribution in [2.45, 2.75) is 40.5 Å². The maximum Gasteiger partial charge on any atom is 0.242 e. The summed E-state index contributed by atoms with van der Waals surface area (Å²) in [5, 5.41) is 8.94. The predicted octanol–water partition coefficient (Wildman–Crippen LogP) is 2.43. The van der Waals surface area contributed by atoms with E-state index in [1.807, 2.05) is 4.90 Å². The van der Waals surface area contributed by atoms with Crippen molar-refractivity contribution in [3.63, 3.8) is 0 Å². The topological polar surface area (TPSA) is 44.1 Å². The number of likely N-dealkylation sites (tertiary alicyclic amines) is 1. The van der Waals surface area contributed by atoms with E-state index in [1.165, 1.54) is 0 Å². The van der Waals surface area contributed by atoms with E-state index in [0.717, 1.165) is 31.8 Å². The zero-order valence-corrected chi connectivity index (χ0v) is 10.8. The molecule has 3 nitrogen and oxygen atoms in total. The molecule has 3 heteroatoms. The van der Waals surface area contributed by atoms with Gasteiger partial charge in [-0.05, 0) is 38.5 Å². The van der Waals surface area contributed by atoms with Crippen molar-refractivity contribution in [2.75, 3.05) is 13.1 Å². The first-order valence-corrected chi connectivity index (χ1v) is 6.09. The molecule has 1 heterocycles. The number of hydrogen-bond donors (Lipinski definition) is 0. The van der Waals surface area contributed by atoms with Crippen LogP contribution in [0.1, 0.15) is 40.5 Å². The standard InChI is InChI=1S/C13H22N2O/c1-10(2)11-5-7-15(8-6-11)12(16)13(3,4)9-14/h10-11H,5-8H2,1-4H3. The Morgan fingerprint density at radius 2 is 1.88 bits per heavy atom. The lowest BCUT2D eigenvalue weighted by Crippen LogP contribution is -2.45. The molecule has 1 saturated heterocycles. The van der Waals surface area contributed by atoms with Crippen molar-refractivity contribution < 1.29 is 4.79 Å². The second kappa shape index (κ2) is 4.86. The summed E-state index contributed by atoms with van der Waals surface area (Å²) in [7, 11) is 0. The van der Waals surface area contributed by atoms with Crippen LogP contribution >= 0.6 is 0 Å². The van der Waals surface area contributed by atoms with E-state index in [-0.39, 0.29) is 5.91 Å². The molecule has 0 spiro atoms.